The second kappa shape index (κ2) is 3.78. The van der Waals surface area contributed by atoms with Crippen LogP contribution >= 0.6 is 0 Å². The van der Waals surface area contributed by atoms with Gasteiger partial charge in [0.25, 0.3) is 0 Å². The van der Waals surface area contributed by atoms with Crippen LogP contribution in [0.25, 0.3) is 11.3 Å². The molecule has 0 amide bonds. The summed E-state index contributed by atoms with van der Waals surface area (Å²) in [5.41, 5.74) is 0.617. The van der Waals surface area contributed by atoms with E-state index in [1.54, 1.807) is 12.1 Å². The Morgan fingerprint density at radius 1 is 1.56 bits per heavy atom. The van der Waals surface area contributed by atoms with Gasteiger partial charge in [0.2, 0.25) is 5.69 Å². The average molecular weight is 215 g/mol. The van der Waals surface area contributed by atoms with Gasteiger partial charge < -0.3 is 0 Å². The number of aromatic amines is 1. The van der Waals surface area contributed by atoms with Crippen LogP contribution in [0.4, 0.5) is 5.69 Å². The molecule has 78 valence electrons. The van der Waals surface area contributed by atoms with Crippen molar-refractivity contribution < 1.29 is 4.92 Å². The molecular weight excluding hydrogens is 210 g/mol. The minimum absolute atomic E-state index is 0.201. The van der Waals surface area contributed by atoms with E-state index < -0.39 is 4.92 Å². The van der Waals surface area contributed by atoms with Gasteiger partial charge in [0.1, 0.15) is 6.07 Å². The molecule has 1 N–H and O–H groups in total. The highest BCUT2D eigenvalue weighted by molar-refractivity contribution is 5.63. The predicted octanol–water partition coefficient (Wildman–Crippen LogP) is 1.25. The summed E-state index contributed by atoms with van der Waals surface area (Å²) in [6, 6.07) is 4.62. The van der Waals surface area contributed by atoms with Crippen LogP contribution in [0.15, 0.2) is 24.5 Å². The summed E-state index contributed by atoms with van der Waals surface area (Å²) in [4.78, 5) is 13.8. The van der Waals surface area contributed by atoms with Gasteiger partial charge in [-0.15, -0.1) is 0 Å². The molecule has 2 aromatic rings. The summed E-state index contributed by atoms with van der Waals surface area (Å²) in [6.45, 7) is 0. The Morgan fingerprint density at radius 2 is 2.38 bits per heavy atom. The quantitative estimate of drug-likeness (QED) is 0.598. The van der Waals surface area contributed by atoms with Crippen LogP contribution in [-0.2, 0) is 0 Å². The van der Waals surface area contributed by atoms with Crippen molar-refractivity contribution in [3.05, 3.63) is 40.3 Å². The van der Waals surface area contributed by atoms with Gasteiger partial charge in [-0.25, -0.2) is 4.98 Å². The van der Waals surface area contributed by atoms with Crippen molar-refractivity contribution in [3.63, 3.8) is 0 Å². The van der Waals surface area contributed by atoms with E-state index >= 15 is 0 Å². The van der Waals surface area contributed by atoms with Gasteiger partial charge in [0, 0.05) is 24.0 Å². The van der Waals surface area contributed by atoms with Crippen molar-refractivity contribution in [2.24, 2.45) is 0 Å². The van der Waals surface area contributed by atoms with Crippen LogP contribution in [0.1, 0.15) is 5.69 Å². The molecule has 0 radical (unpaired) electrons. The van der Waals surface area contributed by atoms with Crippen LogP contribution in [0.5, 0.6) is 0 Å². The highest BCUT2D eigenvalue weighted by Gasteiger charge is 2.16. The molecule has 7 heteroatoms. The standard InChI is InChI=1S/C9H5N5O2/c10-4-8-9(14(15)16)3-6(5-11-8)7-1-2-12-13-7/h1-3,5H,(H,12,13). The molecule has 0 aromatic carbocycles. The zero-order valence-corrected chi connectivity index (χ0v) is 7.91. The molecule has 2 heterocycles. The van der Waals surface area contributed by atoms with E-state index in [1.807, 2.05) is 0 Å². The lowest BCUT2D eigenvalue weighted by atomic mass is 10.2. The zero-order chi connectivity index (χ0) is 11.5. The van der Waals surface area contributed by atoms with Crippen molar-refractivity contribution in [3.8, 4) is 17.3 Å². The maximum atomic E-state index is 10.7. The van der Waals surface area contributed by atoms with Crippen molar-refractivity contribution in [2.75, 3.05) is 0 Å². The summed E-state index contributed by atoms with van der Waals surface area (Å²) >= 11 is 0. The fraction of sp³-hybridized carbons (Fsp3) is 0. The zero-order valence-electron chi connectivity index (χ0n) is 7.91. The van der Waals surface area contributed by atoms with Gasteiger partial charge in [-0.2, -0.15) is 10.4 Å². The van der Waals surface area contributed by atoms with Crippen molar-refractivity contribution >= 4 is 5.69 Å². The molecule has 0 aliphatic rings. The Morgan fingerprint density at radius 3 is 2.94 bits per heavy atom. The topological polar surface area (TPSA) is 108 Å². The number of nitrogens with zero attached hydrogens (tertiary/aromatic N) is 4. The predicted molar refractivity (Wildman–Crippen MR) is 53.2 cm³/mol. The number of nitriles is 1. The summed E-state index contributed by atoms with van der Waals surface area (Å²) < 4.78 is 0. The number of H-pyrrole nitrogens is 1. The number of aromatic nitrogens is 3. The van der Waals surface area contributed by atoms with Crippen LogP contribution in [0.2, 0.25) is 0 Å². The first-order valence-corrected chi connectivity index (χ1v) is 4.26. The molecule has 7 nitrogen and oxygen atoms in total. The van der Waals surface area contributed by atoms with Gasteiger partial charge in [0.15, 0.2) is 0 Å². The first kappa shape index (κ1) is 9.79. The monoisotopic (exact) mass is 215 g/mol. The summed E-state index contributed by atoms with van der Waals surface area (Å²) in [7, 11) is 0. The highest BCUT2D eigenvalue weighted by atomic mass is 16.6. The molecule has 0 fully saturated rings. The van der Waals surface area contributed by atoms with Gasteiger partial charge in [-0.05, 0) is 6.07 Å². The molecule has 0 bridgehead atoms. The molecule has 0 spiro atoms. The number of pyridine rings is 1. The molecule has 0 unspecified atom stereocenters. The number of nitrogens with one attached hydrogen (secondary N) is 1. The van der Waals surface area contributed by atoms with Gasteiger partial charge >= 0.3 is 5.69 Å². The van der Waals surface area contributed by atoms with E-state index in [4.69, 9.17) is 5.26 Å². The first-order valence-electron chi connectivity index (χ1n) is 4.26. The normalized spacial score (nSPS) is 9.69. The fourth-order valence-electron chi connectivity index (χ4n) is 1.24. The average Bonchev–Trinajstić information content (AvgIpc) is 2.81. The van der Waals surface area contributed by atoms with E-state index in [2.05, 4.69) is 15.2 Å². The van der Waals surface area contributed by atoms with Crippen molar-refractivity contribution in [1.82, 2.24) is 15.2 Å². The smallest absolute Gasteiger partial charge is 0.278 e. The van der Waals surface area contributed by atoms with E-state index in [-0.39, 0.29) is 11.4 Å². The van der Waals surface area contributed by atoms with Crippen molar-refractivity contribution in [1.29, 1.82) is 5.26 Å². The molecule has 0 aliphatic carbocycles. The summed E-state index contributed by atoms with van der Waals surface area (Å²) in [6.07, 6.45) is 2.92. The van der Waals surface area contributed by atoms with E-state index in [0.717, 1.165) is 0 Å². The number of rotatable bonds is 2. The molecule has 0 saturated heterocycles. The third kappa shape index (κ3) is 1.59. The lowest BCUT2D eigenvalue weighted by Gasteiger charge is -1.98. The number of hydrogen-bond donors (Lipinski definition) is 1. The Balaban J connectivity index is 2.57. The SMILES string of the molecule is N#Cc1ncc(-c2ccn[nH]2)cc1[N+](=O)[O-]. The van der Waals surface area contributed by atoms with Crippen LogP contribution < -0.4 is 0 Å². The van der Waals surface area contributed by atoms with Gasteiger partial charge in [-0.3, -0.25) is 15.2 Å². The maximum Gasteiger partial charge on any atom is 0.306 e. The fourth-order valence-corrected chi connectivity index (χ4v) is 1.24. The van der Waals surface area contributed by atoms with E-state index in [0.29, 0.717) is 11.3 Å². The molecular formula is C9H5N5O2. The third-order valence-corrected chi connectivity index (χ3v) is 1.98. The molecule has 2 aromatic heterocycles. The Labute approximate surface area is 89.5 Å². The Hall–Kier alpha value is -2.75. The van der Waals surface area contributed by atoms with Crippen molar-refractivity contribution in [2.45, 2.75) is 0 Å². The number of hydrogen-bond acceptors (Lipinski definition) is 5. The first-order chi connectivity index (χ1) is 7.72. The molecule has 2 rings (SSSR count). The largest absolute Gasteiger partial charge is 0.306 e. The number of nitro groups is 1. The lowest BCUT2D eigenvalue weighted by molar-refractivity contribution is -0.385. The van der Waals surface area contributed by atoms with E-state index in [1.165, 1.54) is 18.5 Å². The second-order valence-corrected chi connectivity index (χ2v) is 2.93. The Kier molecular flexibility index (Phi) is 2.31. The van der Waals surface area contributed by atoms with Gasteiger partial charge in [-0.1, -0.05) is 0 Å². The Bertz CT molecular complexity index is 570. The van der Waals surface area contributed by atoms with Crippen LogP contribution in [-0.4, -0.2) is 20.1 Å². The summed E-state index contributed by atoms with van der Waals surface area (Å²) in [5.74, 6) is 0. The third-order valence-electron chi connectivity index (χ3n) is 1.98. The molecule has 0 aliphatic heterocycles. The minimum atomic E-state index is -0.634. The molecule has 0 saturated carbocycles. The van der Waals surface area contributed by atoms with Gasteiger partial charge in [0.05, 0.1) is 10.6 Å². The molecule has 0 atom stereocenters. The lowest BCUT2D eigenvalue weighted by Crippen LogP contribution is -1.95. The minimum Gasteiger partial charge on any atom is -0.278 e. The molecule has 16 heavy (non-hydrogen) atoms. The highest BCUT2D eigenvalue weighted by Crippen LogP contribution is 2.23. The van der Waals surface area contributed by atoms with Crippen LogP contribution in [0.3, 0.4) is 0 Å². The second-order valence-electron chi connectivity index (χ2n) is 2.93. The maximum absolute atomic E-state index is 10.7. The van der Waals surface area contributed by atoms with E-state index in [9.17, 15) is 10.1 Å². The van der Waals surface area contributed by atoms with Crippen LogP contribution in [0, 0.1) is 21.4 Å². The summed E-state index contributed by atoms with van der Waals surface area (Å²) in [5, 5.41) is 25.7.